The van der Waals surface area contributed by atoms with Gasteiger partial charge in [-0.25, -0.2) is 0 Å². The number of unbranched alkanes of at least 4 members (excludes halogenated alkanes) is 2. The molecule has 2 unspecified atom stereocenters. The fourth-order valence-electron chi connectivity index (χ4n) is 6.11. The minimum atomic E-state index is -1.04. The summed E-state index contributed by atoms with van der Waals surface area (Å²) >= 11 is 0. The quantitative estimate of drug-likeness (QED) is 0.0706. The summed E-state index contributed by atoms with van der Waals surface area (Å²) in [4.78, 5) is 54.0. The van der Waals surface area contributed by atoms with Crippen LogP contribution < -0.4 is 20.9 Å². The van der Waals surface area contributed by atoms with Crippen LogP contribution in [-0.2, 0) is 32.0 Å². The van der Waals surface area contributed by atoms with Crippen LogP contribution in [0.5, 0.6) is 11.5 Å². The Kier molecular flexibility index (Phi) is 22.6. The summed E-state index contributed by atoms with van der Waals surface area (Å²) in [5.74, 6) is -2.46. The first-order valence-electron chi connectivity index (χ1n) is 18.6. The van der Waals surface area contributed by atoms with E-state index in [-0.39, 0.29) is 45.7 Å². The molecule has 0 saturated carbocycles. The number of nitrogens with zero attached hydrogens (tertiary/aromatic N) is 4. The summed E-state index contributed by atoms with van der Waals surface area (Å²) in [5, 5.41) is 37.3. The van der Waals surface area contributed by atoms with E-state index >= 15 is 0 Å². The molecule has 0 spiro atoms. The molecule has 3 radical (unpaired) electrons. The molecule has 8 N–H and O–H groups in total. The summed E-state index contributed by atoms with van der Waals surface area (Å²) in [6.45, 7) is 7.29. The minimum Gasteiger partial charge on any atom is -0.494 e. The van der Waals surface area contributed by atoms with E-state index in [4.69, 9.17) is 31.2 Å². The van der Waals surface area contributed by atoms with Crippen LogP contribution in [0.3, 0.4) is 0 Å². The van der Waals surface area contributed by atoms with Crippen molar-refractivity contribution in [1.82, 2.24) is 19.6 Å². The zero-order valence-corrected chi connectivity index (χ0v) is 34.1. The van der Waals surface area contributed by atoms with Crippen molar-refractivity contribution in [2.75, 3.05) is 91.8 Å². The molecule has 0 bridgehead atoms. The Morgan fingerprint density at radius 3 is 1.13 bits per heavy atom. The average Bonchev–Trinajstić information content (AvgIpc) is 3.12. The second-order valence-electron chi connectivity index (χ2n) is 13.7. The third kappa shape index (κ3) is 20.2. The predicted octanol–water partition coefficient (Wildman–Crippen LogP) is 0.624. The SMILES string of the molecule is NC(Cc1ccc(OCCCCN2CCN(CC(=O)O)CCN(CCCCOc3ccc(CC(N)C(=O)O)cc3)CCN(CC(=O)O)CC2)cc1)C(=O)O.[68Ga]. The standard InChI is InChI=1S/C38H58N6O10.Ga/c39-33(37(49)50)25-29-5-9-31(10-6-29)53-23-3-1-13-41-15-19-43(27-35(45)46)21-17-42(18-22-44(20-16-41)28-36(47)48)14-2-4-24-54-32-11-7-30(8-12-32)26-34(40)38(51)52;/h5-12,33-34H,1-4,13-28,39-40H2,(H,45,46)(H,47,48)(H,49,50)(H,51,52);/i;1-2. The first kappa shape index (κ1) is 47.5. The Bertz CT molecular complexity index is 1310. The fourth-order valence-corrected chi connectivity index (χ4v) is 6.11. The Hall–Kier alpha value is -3.68. The van der Waals surface area contributed by atoms with E-state index in [9.17, 15) is 29.4 Å². The van der Waals surface area contributed by atoms with Crippen LogP contribution in [0.2, 0.25) is 0 Å². The Morgan fingerprint density at radius 2 is 0.836 bits per heavy atom. The van der Waals surface area contributed by atoms with Crippen molar-refractivity contribution in [1.29, 1.82) is 0 Å². The van der Waals surface area contributed by atoms with Crippen molar-refractivity contribution in [3.8, 4) is 11.5 Å². The smallest absolute Gasteiger partial charge is 0.320 e. The molecule has 55 heavy (non-hydrogen) atoms. The normalized spacial score (nSPS) is 16.5. The van der Waals surface area contributed by atoms with Crippen molar-refractivity contribution < 1.29 is 49.1 Å². The van der Waals surface area contributed by atoms with Crippen LogP contribution in [0.15, 0.2) is 48.5 Å². The first-order valence-corrected chi connectivity index (χ1v) is 18.6. The maximum atomic E-state index is 11.7. The number of carboxylic acid groups (broad SMARTS) is 4. The van der Waals surface area contributed by atoms with Gasteiger partial charge in [-0.05, 0) is 87.0 Å². The summed E-state index contributed by atoms with van der Waals surface area (Å²) < 4.78 is 11.8. The molecule has 1 saturated heterocycles. The number of carboxylic acids is 4. The van der Waals surface area contributed by atoms with Crippen LogP contribution in [0.1, 0.15) is 36.8 Å². The maximum Gasteiger partial charge on any atom is 0.320 e. The molecule has 0 aromatic heterocycles. The van der Waals surface area contributed by atoms with Gasteiger partial charge in [0.25, 0.3) is 0 Å². The molecular formula is C38H58GaN6O10. The number of carbonyl (C=O) groups is 4. The van der Waals surface area contributed by atoms with Gasteiger partial charge in [-0.3, -0.25) is 29.0 Å². The van der Waals surface area contributed by atoms with Gasteiger partial charge in [0.1, 0.15) is 23.6 Å². The molecule has 0 aliphatic carbocycles. The van der Waals surface area contributed by atoms with E-state index in [1.54, 1.807) is 24.3 Å². The maximum absolute atomic E-state index is 11.7. The van der Waals surface area contributed by atoms with Gasteiger partial charge >= 0.3 is 23.9 Å². The molecule has 2 atom stereocenters. The Labute approximate surface area is 336 Å². The molecule has 1 aliphatic heterocycles. The van der Waals surface area contributed by atoms with Crippen molar-refractivity contribution in [3.05, 3.63) is 59.7 Å². The van der Waals surface area contributed by atoms with Crippen molar-refractivity contribution in [3.63, 3.8) is 0 Å². The molecule has 1 aliphatic rings. The monoisotopic (exact) mass is 826 g/mol. The van der Waals surface area contributed by atoms with E-state index in [0.29, 0.717) is 77.1 Å². The molecule has 16 nitrogen and oxygen atoms in total. The number of aliphatic carboxylic acids is 4. The summed E-state index contributed by atoms with van der Waals surface area (Å²) in [7, 11) is 0. The van der Waals surface area contributed by atoms with Crippen LogP contribution in [0.4, 0.5) is 0 Å². The van der Waals surface area contributed by atoms with Gasteiger partial charge in [0, 0.05) is 72.1 Å². The predicted molar refractivity (Wildman–Crippen MR) is 208 cm³/mol. The van der Waals surface area contributed by atoms with Crippen LogP contribution in [-0.4, -0.2) is 188 Å². The molecule has 1 fully saturated rings. The third-order valence-electron chi connectivity index (χ3n) is 9.31. The second kappa shape index (κ2) is 26.2. The van der Waals surface area contributed by atoms with Crippen LogP contribution in [0, 0.1) is 0 Å². The largest absolute Gasteiger partial charge is 0.494 e. The summed E-state index contributed by atoms with van der Waals surface area (Å²) in [6.07, 6.45) is 3.74. The van der Waals surface area contributed by atoms with E-state index in [1.807, 2.05) is 34.1 Å². The number of hydrogen-bond acceptors (Lipinski definition) is 12. The van der Waals surface area contributed by atoms with Crippen LogP contribution in [0.25, 0.3) is 0 Å². The van der Waals surface area contributed by atoms with Gasteiger partial charge in [-0.1, -0.05) is 24.3 Å². The van der Waals surface area contributed by atoms with E-state index < -0.39 is 36.0 Å². The molecule has 3 rings (SSSR count). The zero-order valence-electron chi connectivity index (χ0n) is 31.7. The summed E-state index contributed by atoms with van der Waals surface area (Å²) in [6, 6.07) is 12.5. The van der Waals surface area contributed by atoms with Gasteiger partial charge in [-0.15, -0.1) is 0 Å². The van der Waals surface area contributed by atoms with E-state index in [2.05, 4.69) is 9.80 Å². The second-order valence-corrected chi connectivity index (χ2v) is 13.7. The molecule has 2 aromatic carbocycles. The topological polar surface area (TPSA) is 233 Å². The van der Waals surface area contributed by atoms with E-state index in [1.165, 1.54) is 0 Å². The van der Waals surface area contributed by atoms with Gasteiger partial charge in [0.2, 0.25) is 0 Å². The van der Waals surface area contributed by atoms with Gasteiger partial charge in [-0.2, -0.15) is 0 Å². The first-order chi connectivity index (χ1) is 25.9. The molecule has 17 heteroatoms. The minimum absolute atomic E-state index is 0. The van der Waals surface area contributed by atoms with Gasteiger partial charge in [0.15, 0.2) is 0 Å². The number of rotatable bonds is 22. The van der Waals surface area contributed by atoms with Crippen molar-refractivity contribution >= 4 is 43.7 Å². The Morgan fingerprint density at radius 1 is 0.527 bits per heavy atom. The number of ether oxygens (including phenoxy) is 2. The Balaban J connectivity index is 0.0000105. The number of benzene rings is 2. The van der Waals surface area contributed by atoms with Crippen molar-refractivity contribution in [2.24, 2.45) is 11.5 Å². The molecular weight excluding hydrogens is 768 g/mol. The molecule has 2 aromatic rings. The van der Waals surface area contributed by atoms with E-state index in [0.717, 1.165) is 49.9 Å². The fraction of sp³-hybridized carbons (Fsp3) is 0.579. The third-order valence-corrected chi connectivity index (χ3v) is 9.31. The zero-order chi connectivity index (χ0) is 39.3. The average molecular weight is 827 g/mol. The van der Waals surface area contributed by atoms with Gasteiger partial charge < -0.3 is 51.2 Å². The summed E-state index contributed by atoms with van der Waals surface area (Å²) in [5.41, 5.74) is 12.9. The molecule has 303 valence electrons. The number of nitrogens with two attached hydrogens (primary N) is 2. The number of hydrogen-bond donors (Lipinski definition) is 6. The van der Waals surface area contributed by atoms with Crippen molar-refractivity contribution in [2.45, 2.75) is 50.6 Å². The molecule has 1 heterocycles. The van der Waals surface area contributed by atoms with Crippen LogP contribution >= 0.6 is 0 Å². The van der Waals surface area contributed by atoms with Gasteiger partial charge in [0.05, 0.1) is 26.3 Å². The molecule has 0 amide bonds.